The third-order valence-corrected chi connectivity index (χ3v) is 6.75. The van der Waals surface area contributed by atoms with E-state index in [1.807, 2.05) is 19.9 Å². The van der Waals surface area contributed by atoms with Gasteiger partial charge in [0.1, 0.15) is 5.60 Å². The SMILES string of the molecule is CC(=O)OC1C2=C(C)C(=O)OC2(O)CC(C)=CCCC(C)C2CCC(C)(O2)C1OC(C)=O. The molecule has 3 aliphatic heterocycles. The van der Waals surface area contributed by atoms with Gasteiger partial charge in [0.05, 0.1) is 11.7 Å². The van der Waals surface area contributed by atoms with Crippen LogP contribution in [0, 0.1) is 5.92 Å². The molecule has 3 heterocycles. The second kappa shape index (κ2) is 8.98. The van der Waals surface area contributed by atoms with E-state index in [1.54, 1.807) is 0 Å². The minimum Gasteiger partial charge on any atom is -0.455 e. The first-order valence-electron chi connectivity index (χ1n) is 11.2. The highest BCUT2D eigenvalue weighted by Gasteiger charge is 2.57. The van der Waals surface area contributed by atoms with Gasteiger partial charge >= 0.3 is 17.9 Å². The Morgan fingerprint density at radius 2 is 1.81 bits per heavy atom. The number of aliphatic hydroxyl groups is 1. The van der Waals surface area contributed by atoms with Crippen molar-refractivity contribution in [2.24, 2.45) is 5.92 Å². The zero-order valence-electron chi connectivity index (χ0n) is 19.7. The van der Waals surface area contributed by atoms with Crippen molar-refractivity contribution in [1.82, 2.24) is 0 Å². The lowest BCUT2D eigenvalue weighted by atomic mass is 9.82. The van der Waals surface area contributed by atoms with Crippen LogP contribution in [0.15, 0.2) is 22.8 Å². The summed E-state index contributed by atoms with van der Waals surface area (Å²) in [7, 11) is 0. The molecule has 0 aromatic heterocycles. The molecule has 178 valence electrons. The summed E-state index contributed by atoms with van der Waals surface area (Å²) in [6.45, 7) is 9.81. The van der Waals surface area contributed by atoms with Crippen LogP contribution >= 0.6 is 0 Å². The van der Waals surface area contributed by atoms with E-state index >= 15 is 0 Å². The number of rotatable bonds is 2. The van der Waals surface area contributed by atoms with Gasteiger partial charge in [0.25, 0.3) is 0 Å². The van der Waals surface area contributed by atoms with E-state index in [2.05, 4.69) is 6.92 Å². The molecule has 2 bridgehead atoms. The van der Waals surface area contributed by atoms with Gasteiger partial charge in [-0.25, -0.2) is 4.79 Å². The van der Waals surface area contributed by atoms with E-state index in [9.17, 15) is 19.5 Å². The Bertz CT molecular complexity index is 858. The zero-order chi connectivity index (χ0) is 23.8. The van der Waals surface area contributed by atoms with Crippen LogP contribution in [0.2, 0.25) is 0 Å². The minimum atomic E-state index is -2.02. The molecule has 0 aliphatic carbocycles. The molecule has 0 aromatic carbocycles. The van der Waals surface area contributed by atoms with Gasteiger partial charge in [0, 0.05) is 25.8 Å². The molecule has 8 nitrogen and oxygen atoms in total. The van der Waals surface area contributed by atoms with Gasteiger partial charge in [-0.15, -0.1) is 0 Å². The number of carbonyl (C=O) groups excluding carboxylic acids is 3. The van der Waals surface area contributed by atoms with E-state index in [-0.39, 0.29) is 29.6 Å². The van der Waals surface area contributed by atoms with Crippen molar-refractivity contribution in [3.8, 4) is 0 Å². The highest BCUT2D eigenvalue weighted by Crippen LogP contribution is 2.46. The number of hydrogen-bond donors (Lipinski definition) is 1. The maximum Gasteiger partial charge on any atom is 0.336 e. The Morgan fingerprint density at radius 3 is 2.44 bits per heavy atom. The average Bonchev–Trinajstić information content (AvgIpc) is 3.16. The van der Waals surface area contributed by atoms with Crippen molar-refractivity contribution in [2.45, 2.75) is 103 Å². The molecular weight excluding hydrogens is 416 g/mol. The van der Waals surface area contributed by atoms with Crippen molar-refractivity contribution in [3.63, 3.8) is 0 Å². The molecule has 0 aromatic rings. The molecule has 8 heteroatoms. The largest absolute Gasteiger partial charge is 0.455 e. The van der Waals surface area contributed by atoms with Crippen LogP contribution in [-0.2, 0) is 33.3 Å². The van der Waals surface area contributed by atoms with Crippen LogP contribution < -0.4 is 0 Å². The summed E-state index contributed by atoms with van der Waals surface area (Å²) in [5, 5.41) is 11.5. The summed E-state index contributed by atoms with van der Waals surface area (Å²) in [6.07, 6.45) is 2.64. The number of hydrogen-bond acceptors (Lipinski definition) is 8. The predicted molar refractivity (Wildman–Crippen MR) is 114 cm³/mol. The molecule has 32 heavy (non-hydrogen) atoms. The van der Waals surface area contributed by atoms with E-state index in [1.165, 1.54) is 20.8 Å². The monoisotopic (exact) mass is 450 g/mol. The lowest BCUT2D eigenvalue weighted by Crippen LogP contribution is -2.54. The number of allylic oxidation sites excluding steroid dienone is 1. The molecule has 1 fully saturated rings. The number of carbonyl (C=O) groups is 3. The fourth-order valence-corrected chi connectivity index (χ4v) is 5.12. The van der Waals surface area contributed by atoms with Gasteiger partial charge in [-0.3, -0.25) is 9.59 Å². The lowest BCUT2D eigenvalue weighted by Gasteiger charge is -2.40. The summed E-state index contributed by atoms with van der Waals surface area (Å²) in [5.41, 5.74) is 0.0744. The van der Waals surface area contributed by atoms with E-state index in [0.29, 0.717) is 6.42 Å². The molecule has 1 saturated heterocycles. The van der Waals surface area contributed by atoms with Crippen molar-refractivity contribution in [2.75, 3.05) is 0 Å². The summed E-state index contributed by atoms with van der Waals surface area (Å²) in [6, 6.07) is 0. The molecule has 3 aliphatic rings. The second-order valence-corrected chi connectivity index (χ2v) is 9.56. The Hall–Kier alpha value is -2.19. The molecule has 0 amide bonds. The van der Waals surface area contributed by atoms with Gasteiger partial charge in [-0.1, -0.05) is 18.6 Å². The average molecular weight is 451 g/mol. The van der Waals surface area contributed by atoms with Crippen molar-refractivity contribution >= 4 is 17.9 Å². The van der Waals surface area contributed by atoms with Gasteiger partial charge in [-0.2, -0.15) is 0 Å². The zero-order valence-corrected chi connectivity index (χ0v) is 19.7. The predicted octanol–water partition coefficient (Wildman–Crippen LogP) is 3.12. The van der Waals surface area contributed by atoms with Crippen LogP contribution in [0.1, 0.15) is 73.6 Å². The van der Waals surface area contributed by atoms with E-state index in [0.717, 1.165) is 24.8 Å². The van der Waals surface area contributed by atoms with Crippen LogP contribution in [0.25, 0.3) is 0 Å². The van der Waals surface area contributed by atoms with Gasteiger partial charge in [0.15, 0.2) is 12.2 Å². The van der Waals surface area contributed by atoms with E-state index < -0.39 is 41.5 Å². The smallest absolute Gasteiger partial charge is 0.336 e. The quantitative estimate of drug-likeness (QED) is 0.388. The lowest BCUT2D eigenvalue weighted by molar-refractivity contribution is -0.205. The summed E-state index contributed by atoms with van der Waals surface area (Å²) in [4.78, 5) is 36.8. The summed E-state index contributed by atoms with van der Waals surface area (Å²) in [5.74, 6) is -3.69. The normalized spacial score (nSPS) is 38.0. The number of esters is 3. The van der Waals surface area contributed by atoms with Crippen LogP contribution in [0.4, 0.5) is 0 Å². The third kappa shape index (κ3) is 4.76. The maximum atomic E-state index is 12.5. The molecule has 0 radical (unpaired) electrons. The molecule has 3 rings (SSSR count). The highest BCUT2D eigenvalue weighted by atomic mass is 16.7. The standard InChI is InChI=1S/C24H34O8/c1-13-8-7-9-14(2)18-10-11-23(6,31-18)21(30-17(5)26)20(29-16(4)25)19-15(3)22(27)32-24(19,28)12-13/h8,14,18,20-21,28H,7,9-12H2,1-6H3. The molecular formula is C24H34O8. The highest BCUT2D eigenvalue weighted by molar-refractivity contribution is 5.92. The Kier molecular flexibility index (Phi) is 6.86. The van der Waals surface area contributed by atoms with Gasteiger partial charge < -0.3 is 24.1 Å². The van der Waals surface area contributed by atoms with Crippen molar-refractivity contribution in [3.05, 3.63) is 22.8 Å². The van der Waals surface area contributed by atoms with Gasteiger partial charge in [0.2, 0.25) is 5.79 Å². The molecule has 6 atom stereocenters. The van der Waals surface area contributed by atoms with E-state index in [4.69, 9.17) is 18.9 Å². The fourth-order valence-electron chi connectivity index (χ4n) is 5.12. The molecule has 1 N–H and O–H groups in total. The van der Waals surface area contributed by atoms with Crippen LogP contribution in [0.5, 0.6) is 0 Å². The molecule has 0 spiro atoms. The van der Waals surface area contributed by atoms with Crippen molar-refractivity contribution < 1.29 is 38.4 Å². The summed E-state index contributed by atoms with van der Waals surface area (Å²) >= 11 is 0. The Labute approximate surface area is 188 Å². The first kappa shape index (κ1) is 24.5. The second-order valence-electron chi connectivity index (χ2n) is 9.56. The molecule has 0 saturated carbocycles. The van der Waals surface area contributed by atoms with Crippen molar-refractivity contribution in [1.29, 1.82) is 0 Å². The minimum absolute atomic E-state index is 0.0192. The number of ether oxygens (including phenoxy) is 4. The molecule has 6 unspecified atom stereocenters. The Balaban J connectivity index is 2.20. The van der Waals surface area contributed by atoms with Crippen LogP contribution in [0.3, 0.4) is 0 Å². The first-order valence-corrected chi connectivity index (χ1v) is 11.2. The number of fused-ring (bicyclic) bond motifs is 3. The fraction of sp³-hybridized carbons (Fsp3) is 0.708. The van der Waals surface area contributed by atoms with Crippen LogP contribution in [-0.4, -0.2) is 52.7 Å². The maximum absolute atomic E-state index is 12.5. The topological polar surface area (TPSA) is 108 Å². The summed E-state index contributed by atoms with van der Waals surface area (Å²) < 4.78 is 23.2. The first-order chi connectivity index (χ1) is 14.9. The Morgan fingerprint density at radius 1 is 1.16 bits per heavy atom. The third-order valence-electron chi connectivity index (χ3n) is 6.75. The van der Waals surface area contributed by atoms with Gasteiger partial charge in [-0.05, 0) is 52.4 Å².